The van der Waals surface area contributed by atoms with Gasteiger partial charge in [-0.2, -0.15) is 18.3 Å². The number of rotatable bonds is 3. The van der Waals surface area contributed by atoms with E-state index in [0.29, 0.717) is 23.4 Å². The predicted octanol–water partition coefficient (Wildman–Crippen LogP) is 4.38. The molecule has 0 unspecified atom stereocenters. The normalized spacial score (nSPS) is 12.1. The van der Waals surface area contributed by atoms with Crippen molar-refractivity contribution in [2.45, 2.75) is 33.5 Å². The maximum absolute atomic E-state index is 13.5. The van der Waals surface area contributed by atoms with Crippen LogP contribution in [-0.4, -0.2) is 19.3 Å². The maximum Gasteiger partial charge on any atom is 0.417 e. The Morgan fingerprint density at radius 3 is 2.40 bits per heavy atom. The molecule has 30 heavy (non-hydrogen) atoms. The zero-order valence-electron chi connectivity index (χ0n) is 16.8. The lowest BCUT2D eigenvalue weighted by Gasteiger charge is -2.13. The van der Waals surface area contributed by atoms with Gasteiger partial charge in [0.25, 0.3) is 5.56 Å². The van der Waals surface area contributed by atoms with Gasteiger partial charge in [0, 0.05) is 18.7 Å². The van der Waals surface area contributed by atoms with E-state index in [9.17, 15) is 18.0 Å². The summed E-state index contributed by atoms with van der Waals surface area (Å²) in [5.41, 5.74) is 0.854. The minimum Gasteiger partial charge on any atom is -0.441 e. The van der Waals surface area contributed by atoms with E-state index in [-0.39, 0.29) is 23.3 Å². The van der Waals surface area contributed by atoms with Crippen LogP contribution in [0.2, 0.25) is 0 Å². The van der Waals surface area contributed by atoms with Gasteiger partial charge in [0.05, 0.1) is 23.2 Å². The molecule has 0 saturated heterocycles. The molecule has 0 N–H and O–H groups in total. The highest BCUT2D eigenvalue weighted by molar-refractivity contribution is 5.83. The third kappa shape index (κ3) is 3.30. The molecule has 0 radical (unpaired) electrons. The number of nitrogens with zero attached hydrogens (tertiary/aromatic N) is 4. The van der Waals surface area contributed by atoms with Crippen molar-refractivity contribution < 1.29 is 17.6 Å². The van der Waals surface area contributed by atoms with Crippen molar-refractivity contribution in [2.24, 2.45) is 7.05 Å². The highest BCUT2D eigenvalue weighted by atomic mass is 19.4. The maximum atomic E-state index is 13.5. The zero-order valence-corrected chi connectivity index (χ0v) is 16.8. The summed E-state index contributed by atoms with van der Waals surface area (Å²) in [7, 11) is 1.51. The van der Waals surface area contributed by atoms with Crippen LogP contribution >= 0.6 is 0 Å². The van der Waals surface area contributed by atoms with Crippen LogP contribution in [0, 0.1) is 20.8 Å². The van der Waals surface area contributed by atoms with Crippen molar-refractivity contribution in [2.75, 3.05) is 0 Å². The van der Waals surface area contributed by atoms with Gasteiger partial charge >= 0.3 is 6.18 Å². The summed E-state index contributed by atoms with van der Waals surface area (Å²) in [6.45, 7) is 5.13. The van der Waals surface area contributed by atoms with Crippen molar-refractivity contribution >= 4 is 11.0 Å². The molecule has 0 bridgehead atoms. The van der Waals surface area contributed by atoms with Crippen LogP contribution in [-0.2, 0) is 19.8 Å². The topological polar surface area (TPSA) is 65.8 Å². The lowest BCUT2D eigenvalue weighted by molar-refractivity contribution is -0.136. The van der Waals surface area contributed by atoms with Crippen LogP contribution in [0.15, 0.2) is 39.5 Å². The van der Waals surface area contributed by atoms with E-state index in [0.717, 1.165) is 11.1 Å². The minimum absolute atomic E-state index is 0.0341. The van der Waals surface area contributed by atoms with Crippen LogP contribution in [0.5, 0.6) is 0 Å². The number of oxazole rings is 1. The van der Waals surface area contributed by atoms with Gasteiger partial charge in [0.2, 0.25) is 5.89 Å². The van der Waals surface area contributed by atoms with Crippen LogP contribution in [0.3, 0.4) is 0 Å². The lowest BCUT2D eigenvalue weighted by atomic mass is 10.1. The van der Waals surface area contributed by atoms with Crippen LogP contribution < -0.4 is 5.56 Å². The van der Waals surface area contributed by atoms with E-state index in [4.69, 9.17) is 4.42 Å². The van der Waals surface area contributed by atoms with Crippen molar-refractivity contribution in [3.05, 3.63) is 69.0 Å². The standard InChI is InChI=1S/C21H19F3N4O2/c1-11-5-7-14(8-6-11)19-25-16(13(3)30-19)10-28-17(29)9-15(21(22,23)24)18-12(2)26-27(4)20(18)28/h5-9H,10H2,1-4H3. The molecule has 156 valence electrons. The fraction of sp³-hybridized carbons (Fsp3) is 0.286. The minimum atomic E-state index is -4.66. The van der Waals surface area contributed by atoms with Gasteiger partial charge in [-0.15, -0.1) is 0 Å². The summed E-state index contributed by atoms with van der Waals surface area (Å²) in [5, 5.41) is 4.01. The highest BCUT2D eigenvalue weighted by Crippen LogP contribution is 2.35. The molecule has 0 aliphatic heterocycles. The molecule has 3 heterocycles. The van der Waals surface area contributed by atoms with Crippen molar-refractivity contribution in [1.82, 2.24) is 19.3 Å². The van der Waals surface area contributed by atoms with Gasteiger partial charge in [-0.1, -0.05) is 17.7 Å². The lowest BCUT2D eigenvalue weighted by Crippen LogP contribution is -2.25. The number of hydrogen-bond acceptors (Lipinski definition) is 4. The summed E-state index contributed by atoms with van der Waals surface area (Å²) in [4.78, 5) is 17.1. The van der Waals surface area contributed by atoms with Crippen LogP contribution in [0.4, 0.5) is 13.2 Å². The van der Waals surface area contributed by atoms with Gasteiger partial charge in [0.1, 0.15) is 17.1 Å². The number of halogens is 3. The molecule has 1 aromatic carbocycles. The van der Waals surface area contributed by atoms with E-state index in [1.807, 2.05) is 31.2 Å². The Morgan fingerprint density at radius 2 is 1.77 bits per heavy atom. The first-order chi connectivity index (χ1) is 14.1. The molecule has 0 fully saturated rings. The first-order valence-electron chi connectivity index (χ1n) is 9.24. The van der Waals surface area contributed by atoms with Gasteiger partial charge < -0.3 is 4.42 Å². The molecule has 0 saturated carbocycles. The molecule has 0 aliphatic carbocycles. The molecule has 4 rings (SSSR count). The number of aromatic nitrogens is 4. The molecule has 0 spiro atoms. The summed E-state index contributed by atoms with van der Waals surface area (Å²) in [6.07, 6.45) is -4.66. The molecular weight excluding hydrogens is 397 g/mol. The SMILES string of the molecule is Cc1ccc(-c2nc(Cn3c(=O)cc(C(F)(F)F)c4c(C)nn(C)c43)c(C)o2)cc1. The molecule has 9 heteroatoms. The number of hydrogen-bond donors (Lipinski definition) is 0. The second-order valence-corrected chi connectivity index (χ2v) is 7.28. The Bertz CT molecular complexity index is 1310. The fourth-order valence-corrected chi connectivity index (χ4v) is 3.57. The van der Waals surface area contributed by atoms with Gasteiger partial charge in [-0.3, -0.25) is 14.0 Å². The van der Waals surface area contributed by atoms with E-state index in [2.05, 4.69) is 10.1 Å². The first-order valence-corrected chi connectivity index (χ1v) is 9.24. The van der Waals surface area contributed by atoms with Crippen LogP contribution in [0.25, 0.3) is 22.5 Å². The Morgan fingerprint density at radius 1 is 1.10 bits per heavy atom. The van der Waals surface area contributed by atoms with E-state index >= 15 is 0 Å². The molecule has 0 aliphatic rings. The number of pyridine rings is 1. The zero-order chi connectivity index (χ0) is 21.8. The fourth-order valence-electron chi connectivity index (χ4n) is 3.57. The number of fused-ring (bicyclic) bond motifs is 1. The number of aryl methyl sites for hydroxylation is 4. The summed E-state index contributed by atoms with van der Waals surface area (Å²) >= 11 is 0. The molecular formula is C21H19F3N4O2. The Kier molecular flexibility index (Phi) is 4.56. The van der Waals surface area contributed by atoms with Crippen molar-refractivity contribution in [1.29, 1.82) is 0 Å². The summed E-state index contributed by atoms with van der Waals surface area (Å²) < 4.78 is 48.8. The van der Waals surface area contributed by atoms with Gasteiger partial charge in [-0.25, -0.2) is 4.98 Å². The molecule has 0 amide bonds. The van der Waals surface area contributed by atoms with E-state index in [1.54, 1.807) is 6.92 Å². The summed E-state index contributed by atoms with van der Waals surface area (Å²) in [5.74, 6) is 0.879. The summed E-state index contributed by atoms with van der Waals surface area (Å²) in [6, 6.07) is 8.22. The Labute approximate surface area is 169 Å². The Hall–Kier alpha value is -3.36. The Balaban J connectivity index is 1.85. The number of benzene rings is 1. The van der Waals surface area contributed by atoms with Gasteiger partial charge in [-0.05, 0) is 32.9 Å². The first kappa shape index (κ1) is 19.9. The monoisotopic (exact) mass is 416 g/mol. The average Bonchev–Trinajstić information content (AvgIpc) is 3.16. The second kappa shape index (κ2) is 6.86. The van der Waals surface area contributed by atoms with Gasteiger partial charge in [0.15, 0.2) is 0 Å². The smallest absolute Gasteiger partial charge is 0.417 e. The van der Waals surface area contributed by atoms with Crippen molar-refractivity contribution in [3.63, 3.8) is 0 Å². The largest absolute Gasteiger partial charge is 0.441 e. The third-order valence-corrected chi connectivity index (χ3v) is 5.06. The molecule has 6 nitrogen and oxygen atoms in total. The van der Waals surface area contributed by atoms with Crippen LogP contribution in [0.1, 0.15) is 28.3 Å². The molecule has 4 aromatic rings. The second-order valence-electron chi connectivity index (χ2n) is 7.28. The highest BCUT2D eigenvalue weighted by Gasteiger charge is 2.36. The molecule has 3 aromatic heterocycles. The molecule has 0 atom stereocenters. The van der Waals surface area contributed by atoms with E-state index in [1.165, 1.54) is 23.2 Å². The predicted molar refractivity (Wildman–Crippen MR) is 105 cm³/mol. The quantitative estimate of drug-likeness (QED) is 0.497. The third-order valence-electron chi connectivity index (χ3n) is 5.06. The van der Waals surface area contributed by atoms with E-state index < -0.39 is 17.3 Å². The number of alkyl halides is 3. The van der Waals surface area contributed by atoms with Crippen molar-refractivity contribution in [3.8, 4) is 11.5 Å². The average molecular weight is 416 g/mol.